The Kier molecular flexibility index (Phi) is 2.35. The number of rotatable bonds is 3. The van der Waals surface area contributed by atoms with Gasteiger partial charge < -0.3 is 0 Å². The highest BCUT2D eigenvalue weighted by molar-refractivity contribution is 5.35. The summed E-state index contributed by atoms with van der Waals surface area (Å²) in [5.41, 5.74) is 0.669. The van der Waals surface area contributed by atoms with Gasteiger partial charge in [0.15, 0.2) is 5.65 Å². The third kappa shape index (κ3) is 1.43. The monoisotopic (exact) mass is 191 g/mol. The van der Waals surface area contributed by atoms with Crippen LogP contribution < -0.4 is 5.69 Å². The van der Waals surface area contributed by atoms with E-state index in [0.717, 1.165) is 12.8 Å². The van der Waals surface area contributed by atoms with Crippen molar-refractivity contribution in [1.29, 1.82) is 0 Å². The summed E-state index contributed by atoms with van der Waals surface area (Å²) in [6.07, 6.45) is 3.80. The zero-order valence-electron chi connectivity index (χ0n) is 8.18. The maximum Gasteiger partial charge on any atom is 0.350 e. The Morgan fingerprint density at radius 1 is 1.43 bits per heavy atom. The molecule has 0 N–H and O–H groups in total. The Bertz CT molecular complexity index is 483. The van der Waals surface area contributed by atoms with Crippen LogP contribution in [0.5, 0.6) is 0 Å². The van der Waals surface area contributed by atoms with Gasteiger partial charge in [-0.3, -0.25) is 4.40 Å². The number of aryl methyl sites for hydroxylation is 1. The summed E-state index contributed by atoms with van der Waals surface area (Å²) in [5.74, 6) is 0. The topological polar surface area (TPSA) is 39.3 Å². The summed E-state index contributed by atoms with van der Waals surface area (Å²) in [6, 6.07) is 5.55. The van der Waals surface area contributed by atoms with Crippen molar-refractivity contribution in [2.24, 2.45) is 0 Å². The molecule has 2 aromatic heterocycles. The van der Waals surface area contributed by atoms with Crippen molar-refractivity contribution in [3.05, 3.63) is 34.9 Å². The van der Waals surface area contributed by atoms with Crippen LogP contribution in [0.15, 0.2) is 29.2 Å². The van der Waals surface area contributed by atoms with Crippen LogP contribution in [-0.2, 0) is 6.54 Å². The fraction of sp³-hybridized carbons (Fsp3) is 0.400. The van der Waals surface area contributed by atoms with E-state index < -0.39 is 0 Å². The quantitative estimate of drug-likeness (QED) is 0.733. The predicted octanol–water partition coefficient (Wildman–Crippen LogP) is 1.30. The molecule has 2 heterocycles. The highest BCUT2D eigenvalue weighted by atomic mass is 16.2. The molecule has 0 aliphatic carbocycles. The molecule has 0 spiro atoms. The van der Waals surface area contributed by atoms with Crippen LogP contribution in [0.25, 0.3) is 5.65 Å². The van der Waals surface area contributed by atoms with Crippen molar-refractivity contribution >= 4 is 5.65 Å². The molecule has 0 aliphatic heterocycles. The highest BCUT2D eigenvalue weighted by Crippen LogP contribution is 1.96. The van der Waals surface area contributed by atoms with Crippen LogP contribution in [0, 0.1) is 0 Å². The summed E-state index contributed by atoms with van der Waals surface area (Å²) >= 11 is 0. The Hall–Kier alpha value is -1.58. The summed E-state index contributed by atoms with van der Waals surface area (Å²) in [7, 11) is 0. The van der Waals surface area contributed by atoms with Gasteiger partial charge in [-0.25, -0.2) is 9.48 Å². The lowest BCUT2D eigenvalue weighted by atomic mass is 10.3. The first-order valence-corrected chi connectivity index (χ1v) is 4.87. The minimum Gasteiger partial charge on any atom is -0.250 e. The fourth-order valence-corrected chi connectivity index (χ4v) is 1.42. The summed E-state index contributed by atoms with van der Waals surface area (Å²) < 4.78 is 3.09. The molecule has 0 saturated carbocycles. The van der Waals surface area contributed by atoms with Gasteiger partial charge in [-0.1, -0.05) is 19.4 Å². The van der Waals surface area contributed by atoms with E-state index in [-0.39, 0.29) is 5.69 Å². The normalized spacial score (nSPS) is 10.9. The molecule has 4 nitrogen and oxygen atoms in total. The van der Waals surface area contributed by atoms with E-state index in [1.165, 1.54) is 4.68 Å². The Labute approximate surface area is 81.8 Å². The van der Waals surface area contributed by atoms with Crippen LogP contribution in [0.1, 0.15) is 19.8 Å². The van der Waals surface area contributed by atoms with E-state index in [0.29, 0.717) is 12.2 Å². The molecule has 0 aliphatic rings. The molecule has 0 atom stereocenters. The molecule has 4 heteroatoms. The van der Waals surface area contributed by atoms with E-state index in [2.05, 4.69) is 12.0 Å². The highest BCUT2D eigenvalue weighted by Gasteiger charge is 2.03. The SMILES string of the molecule is CCCCn1nc2ccccn2c1=O. The van der Waals surface area contributed by atoms with E-state index in [1.807, 2.05) is 18.2 Å². The van der Waals surface area contributed by atoms with Crippen molar-refractivity contribution in [3.63, 3.8) is 0 Å². The van der Waals surface area contributed by atoms with Crippen molar-refractivity contribution in [2.45, 2.75) is 26.3 Å². The third-order valence-electron chi connectivity index (χ3n) is 2.21. The van der Waals surface area contributed by atoms with E-state index in [9.17, 15) is 4.79 Å². The van der Waals surface area contributed by atoms with Crippen LogP contribution in [-0.4, -0.2) is 14.2 Å². The minimum absolute atomic E-state index is 0.0472. The first-order chi connectivity index (χ1) is 6.83. The van der Waals surface area contributed by atoms with Crippen LogP contribution >= 0.6 is 0 Å². The van der Waals surface area contributed by atoms with Gasteiger partial charge in [0.05, 0.1) is 0 Å². The van der Waals surface area contributed by atoms with Crippen LogP contribution in [0.2, 0.25) is 0 Å². The smallest absolute Gasteiger partial charge is 0.250 e. The lowest BCUT2D eigenvalue weighted by Gasteiger charge is -1.94. The maximum absolute atomic E-state index is 11.7. The van der Waals surface area contributed by atoms with Crippen molar-refractivity contribution in [2.75, 3.05) is 0 Å². The first kappa shape index (κ1) is 8.99. The molecule has 0 aromatic carbocycles. The molecule has 0 amide bonds. The molecule has 0 bridgehead atoms. The molecule has 2 rings (SSSR count). The lowest BCUT2D eigenvalue weighted by Crippen LogP contribution is -2.20. The second-order valence-corrected chi connectivity index (χ2v) is 3.29. The number of hydrogen-bond acceptors (Lipinski definition) is 2. The molecule has 0 radical (unpaired) electrons. The fourth-order valence-electron chi connectivity index (χ4n) is 1.42. The van der Waals surface area contributed by atoms with E-state index in [1.54, 1.807) is 10.6 Å². The van der Waals surface area contributed by atoms with Gasteiger partial charge in [0.1, 0.15) is 0 Å². The molecule has 0 saturated heterocycles. The lowest BCUT2D eigenvalue weighted by molar-refractivity contribution is 0.554. The number of hydrogen-bond donors (Lipinski definition) is 0. The second kappa shape index (κ2) is 3.65. The van der Waals surface area contributed by atoms with Gasteiger partial charge in [0.2, 0.25) is 0 Å². The van der Waals surface area contributed by atoms with E-state index >= 15 is 0 Å². The van der Waals surface area contributed by atoms with Gasteiger partial charge in [0, 0.05) is 12.7 Å². The Morgan fingerprint density at radius 2 is 2.29 bits per heavy atom. The molecular formula is C10H13N3O. The molecule has 2 aromatic rings. The van der Waals surface area contributed by atoms with Gasteiger partial charge in [0.25, 0.3) is 0 Å². The summed E-state index contributed by atoms with van der Waals surface area (Å²) in [4.78, 5) is 11.7. The molecule has 0 unspecified atom stereocenters. The Balaban J connectivity index is 2.47. The van der Waals surface area contributed by atoms with E-state index in [4.69, 9.17) is 0 Å². The standard InChI is InChI=1S/C10H13N3O/c1-2-3-8-13-10(14)12-7-5-4-6-9(12)11-13/h4-7H,2-3,8H2,1H3. The van der Waals surface area contributed by atoms with Crippen LogP contribution in [0.3, 0.4) is 0 Å². The first-order valence-electron chi connectivity index (χ1n) is 4.87. The van der Waals surface area contributed by atoms with Gasteiger partial charge in [-0.05, 0) is 18.6 Å². The number of fused-ring (bicyclic) bond motifs is 1. The zero-order chi connectivity index (χ0) is 9.97. The number of aromatic nitrogens is 3. The third-order valence-corrected chi connectivity index (χ3v) is 2.21. The number of unbranched alkanes of at least 4 members (excludes halogenated alkanes) is 1. The maximum atomic E-state index is 11.7. The summed E-state index contributed by atoms with van der Waals surface area (Å²) in [6.45, 7) is 2.80. The molecule has 0 fully saturated rings. The Morgan fingerprint density at radius 3 is 3.00 bits per heavy atom. The van der Waals surface area contributed by atoms with Crippen LogP contribution in [0.4, 0.5) is 0 Å². The van der Waals surface area contributed by atoms with Crippen molar-refractivity contribution in [3.8, 4) is 0 Å². The molecule has 74 valence electrons. The van der Waals surface area contributed by atoms with Gasteiger partial charge >= 0.3 is 5.69 Å². The number of nitrogens with zero attached hydrogens (tertiary/aromatic N) is 3. The second-order valence-electron chi connectivity index (χ2n) is 3.29. The van der Waals surface area contributed by atoms with Crippen molar-refractivity contribution in [1.82, 2.24) is 14.2 Å². The zero-order valence-corrected chi connectivity index (χ0v) is 8.18. The average Bonchev–Trinajstić information content (AvgIpc) is 2.54. The predicted molar refractivity (Wildman–Crippen MR) is 54.4 cm³/mol. The van der Waals surface area contributed by atoms with Gasteiger partial charge in [-0.2, -0.15) is 0 Å². The summed E-state index contributed by atoms with van der Waals surface area (Å²) in [5, 5.41) is 4.22. The van der Waals surface area contributed by atoms with Crippen molar-refractivity contribution < 1.29 is 0 Å². The average molecular weight is 191 g/mol. The number of pyridine rings is 1. The largest absolute Gasteiger partial charge is 0.350 e. The molecule has 14 heavy (non-hydrogen) atoms. The van der Waals surface area contributed by atoms with Gasteiger partial charge in [-0.15, -0.1) is 5.10 Å². The minimum atomic E-state index is -0.0472. The molecular weight excluding hydrogens is 178 g/mol.